The first-order chi connectivity index (χ1) is 18.0. The van der Waals surface area contributed by atoms with E-state index in [0.717, 1.165) is 18.4 Å². The zero-order valence-corrected chi connectivity index (χ0v) is 21.3. The fourth-order valence-electron chi connectivity index (χ4n) is 4.60. The van der Waals surface area contributed by atoms with E-state index in [1.807, 2.05) is 31.2 Å². The van der Waals surface area contributed by atoms with E-state index in [2.05, 4.69) is 10.1 Å². The molecule has 1 N–H and O–H groups in total. The first-order valence-corrected chi connectivity index (χ1v) is 12.8. The predicted molar refractivity (Wildman–Crippen MR) is 136 cm³/mol. The molecule has 1 atom stereocenters. The SMILES string of the molecule is COc1ccccc1C(Cn1nc(CC(=O)O)c(=O)c2c(C)c(-c3ncco3)sc21)OC1CCOCC1. The van der Waals surface area contributed by atoms with E-state index < -0.39 is 23.9 Å². The number of nitrogens with zero attached hydrogens (tertiary/aromatic N) is 3. The van der Waals surface area contributed by atoms with E-state index in [1.165, 1.54) is 17.6 Å². The number of hydrogen-bond acceptors (Lipinski definition) is 9. The van der Waals surface area contributed by atoms with E-state index in [9.17, 15) is 14.7 Å². The summed E-state index contributed by atoms with van der Waals surface area (Å²) in [7, 11) is 1.61. The number of carboxylic acid groups (broad SMARTS) is 1. The average Bonchev–Trinajstić information content (AvgIpc) is 3.55. The maximum atomic E-state index is 13.3. The summed E-state index contributed by atoms with van der Waals surface area (Å²) in [4.78, 5) is 30.5. The number of thiophene rings is 1. The maximum absolute atomic E-state index is 13.3. The van der Waals surface area contributed by atoms with Gasteiger partial charge in [0.2, 0.25) is 11.3 Å². The molecule has 0 amide bonds. The highest BCUT2D eigenvalue weighted by Crippen LogP contribution is 2.37. The minimum absolute atomic E-state index is 0.0232. The lowest BCUT2D eigenvalue weighted by atomic mass is 10.1. The third kappa shape index (κ3) is 5.15. The molecule has 0 radical (unpaired) electrons. The summed E-state index contributed by atoms with van der Waals surface area (Å²) < 4.78 is 24.9. The van der Waals surface area contributed by atoms with Crippen molar-refractivity contribution in [2.45, 2.75) is 44.9 Å². The number of carboxylic acids is 1. The molecule has 1 aliphatic heterocycles. The van der Waals surface area contributed by atoms with Crippen LogP contribution in [0.3, 0.4) is 0 Å². The van der Waals surface area contributed by atoms with Crippen LogP contribution >= 0.6 is 11.3 Å². The van der Waals surface area contributed by atoms with Crippen molar-refractivity contribution in [3.63, 3.8) is 0 Å². The van der Waals surface area contributed by atoms with Gasteiger partial charge in [0.25, 0.3) is 0 Å². The van der Waals surface area contributed by atoms with Crippen molar-refractivity contribution in [3.8, 4) is 16.5 Å². The first kappa shape index (κ1) is 25.1. The molecule has 4 heterocycles. The molecule has 0 bridgehead atoms. The Kier molecular flexibility index (Phi) is 7.36. The Morgan fingerprint density at radius 3 is 2.78 bits per heavy atom. The fraction of sp³-hybridized carbons (Fsp3) is 0.385. The van der Waals surface area contributed by atoms with E-state index in [1.54, 1.807) is 18.0 Å². The zero-order chi connectivity index (χ0) is 25.9. The quantitative estimate of drug-likeness (QED) is 0.345. The van der Waals surface area contributed by atoms with Gasteiger partial charge in [0.1, 0.15) is 28.6 Å². The molecule has 37 heavy (non-hydrogen) atoms. The number of fused-ring (bicyclic) bond motifs is 1. The van der Waals surface area contributed by atoms with Crippen LogP contribution in [0.2, 0.25) is 0 Å². The Balaban J connectivity index is 1.65. The maximum Gasteiger partial charge on any atom is 0.309 e. The lowest BCUT2D eigenvalue weighted by Gasteiger charge is -2.29. The number of rotatable bonds is 9. The standard InChI is InChI=1S/C26H27N3O7S/c1-15-22-23(32)18(13-21(30)31)28-29(26(22)37-24(15)25-27-9-12-35-25)14-20(36-16-7-10-34-11-8-16)17-5-3-4-6-19(17)33-2/h3-6,9,12,16,20H,7-8,10-11,13-14H2,1-2H3,(H,30,31). The fourth-order valence-corrected chi connectivity index (χ4v) is 5.80. The second-order valence-corrected chi connectivity index (χ2v) is 9.78. The van der Waals surface area contributed by atoms with Crippen LogP contribution in [0.4, 0.5) is 0 Å². The van der Waals surface area contributed by atoms with Crippen LogP contribution in [0.15, 0.2) is 45.9 Å². The topological polar surface area (TPSA) is 126 Å². The van der Waals surface area contributed by atoms with Gasteiger partial charge < -0.3 is 23.7 Å². The number of hydrogen-bond donors (Lipinski definition) is 1. The van der Waals surface area contributed by atoms with Crippen molar-refractivity contribution in [2.24, 2.45) is 0 Å². The van der Waals surface area contributed by atoms with Gasteiger partial charge in [-0.2, -0.15) is 5.10 Å². The molecule has 3 aromatic heterocycles. The van der Waals surface area contributed by atoms with Gasteiger partial charge in [0, 0.05) is 18.8 Å². The van der Waals surface area contributed by atoms with Crippen LogP contribution < -0.4 is 10.2 Å². The average molecular weight is 526 g/mol. The number of para-hydroxylation sites is 1. The van der Waals surface area contributed by atoms with Gasteiger partial charge in [-0.1, -0.05) is 18.2 Å². The number of aromatic nitrogens is 3. The highest BCUT2D eigenvalue weighted by Gasteiger charge is 2.27. The molecule has 10 nitrogen and oxygen atoms in total. The number of ether oxygens (including phenoxy) is 3. The zero-order valence-electron chi connectivity index (χ0n) is 20.5. The van der Waals surface area contributed by atoms with Gasteiger partial charge in [0.15, 0.2) is 0 Å². The van der Waals surface area contributed by atoms with Crippen LogP contribution in [0, 0.1) is 6.92 Å². The molecule has 1 saturated heterocycles. The van der Waals surface area contributed by atoms with Crippen molar-refractivity contribution in [3.05, 3.63) is 63.8 Å². The van der Waals surface area contributed by atoms with E-state index >= 15 is 0 Å². The monoisotopic (exact) mass is 525 g/mol. The number of methoxy groups -OCH3 is 1. The van der Waals surface area contributed by atoms with Crippen molar-refractivity contribution in [1.29, 1.82) is 0 Å². The van der Waals surface area contributed by atoms with E-state index in [-0.39, 0.29) is 18.3 Å². The Morgan fingerprint density at radius 1 is 1.30 bits per heavy atom. The van der Waals surface area contributed by atoms with Gasteiger partial charge in [-0.3, -0.25) is 14.3 Å². The largest absolute Gasteiger partial charge is 0.496 e. The molecule has 1 aromatic carbocycles. The number of aryl methyl sites for hydroxylation is 1. The third-order valence-corrected chi connectivity index (χ3v) is 7.68. The van der Waals surface area contributed by atoms with Crippen molar-refractivity contribution in [1.82, 2.24) is 14.8 Å². The number of aliphatic carboxylic acids is 1. The number of oxazole rings is 1. The summed E-state index contributed by atoms with van der Waals surface area (Å²) in [6.07, 6.45) is 3.55. The molecule has 4 aromatic rings. The lowest BCUT2D eigenvalue weighted by molar-refractivity contribution is -0.136. The molecule has 0 saturated carbocycles. The predicted octanol–water partition coefficient (Wildman–Crippen LogP) is 3.99. The van der Waals surface area contributed by atoms with E-state index in [0.29, 0.717) is 45.5 Å². The first-order valence-electron chi connectivity index (χ1n) is 12.0. The Labute approximate surface area is 216 Å². The minimum atomic E-state index is -1.13. The van der Waals surface area contributed by atoms with Crippen LogP contribution in [0.1, 0.15) is 35.8 Å². The second-order valence-electron chi connectivity index (χ2n) is 8.78. The lowest BCUT2D eigenvalue weighted by Crippen LogP contribution is -2.28. The van der Waals surface area contributed by atoms with Crippen molar-refractivity contribution < 1.29 is 28.5 Å². The second kappa shape index (κ2) is 10.8. The number of carbonyl (C=O) groups is 1. The summed E-state index contributed by atoms with van der Waals surface area (Å²) in [5.41, 5.74) is 1.07. The molecule has 1 unspecified atom stereocenters. The van der Waals surface area contributed by atoms with E-state index in [4.69, 9.17) is 18.6 Å². The molecule has 0 aliphatic carbocycles. The van der Waals surface area contributed by atoms with Crippen LogP contribution in [-0.4, -0.2) is 52.3 Å². The van der Waals surface area contributed by atoms with Crippen LogP contribution in [0.5, 0.6) is 5.75 Å². The summed E-state index contributed by atoms with van der Waals surface area (Å²) >= 11 is 1.33. The highest BCUT2D eigenvalue weighted by molar-refractivity contribution is 7.22. The van der Waals surface area contributed by atoms with Crippen LogP contribution in [-0.2, 0) is 27.2 Å². The summed E-state index contributed by atoms with van der Waals surface area (Å²) in [5.74, 6) is -0.0642. The Bertz CT molecular complexity index is 1460. The van der Waals surface area contributed by atoms with Gasteiger partial charge in [-0.15, -0.1) is 11.3 Å². The van der Waals surface area contributed by atoms with Crippen molar-refractivity contribution >= 4 is 27.5 Å². The smallest absolute Gasteiger partial charge is 0.309 e. The molecule has 11 heteroatoms. The molecule has 1 aliphatic rings. The number of benzene rings is 1. The Morgan fingerprint density at radius 2 is 2.08 bits per heavy atom. The summed E-state index contributed by atoms with van der Waals surface area (Å²) in [6, 6.07) is 7.62. The molecule has 194 valence electrons. The van der Waals surface area contributed by atoms with Crippen LogP contribution in [0.25, 0.3) is 21.0 Å². The molecule has 1 fully saturated rings. The highest BCUT2D eigenvalue weighted by atomic mass is 32.1. The summed E-state index contributed by atoms with van der Waals surface area (Å²) in [5, 5.41) is 14.4. The van der Waals surface area contributed by atoms with Gasteiger partial charge in [0.05, 0.1) is 42.6 Å². The van der Waals surface area contributed by atoms with Gasteiger partial charge in [-0.05, 0) is 31.4 Å². The van der Waals surface area contributed by atoms with Crippen molar-refractivity contribution in [2.75, 3.05) is 20.3 Å². The molecular formula is C26H27N3O7S. The van der Waals surface area contributed by atoms with Gasteiger partial charge >= 0.3 is 5.97 Å². The molecule has 5 rings (SSSR count). The van der Waals surface area contributed by atoms with Gasteiger partial charge in [-0.25, -0.2) is 4.98 Å². The molecular weight excluding hydrogens is 498 g/mol. The Hall–Kier alpha value is -3.54. The summed E-state index contributed by atoms with van der Waals surface area (Å²) in [6.45, 7) is 3.30. The minimum Gasteiger partial charge on any atom is -0.496 e. The normalized spacial score (nSPS) is 15.2. The molecule has 0 spiro atoms. The third-order valence-electron chi connectivity index (χ3n) is 6.39.